The monoisotopic (exact) mass is 261 g/mol. The van der Waals surface area contributed by atoms with Crippen molar-refractivity contribution in [3.8, 4) is 0 Å². The molecule has 0 bridgehead atoms. The van der Waals surface area contributed by atoms with Crippen LogP contribution in [0.5, 0.6) is 0 Å². The quantitative estimate of drug-likeness (QED) is 0.818. The summed E-state index contributed by atoms with van der Waals surface area (Å²) < 4.78 is 1.79. The van der Waals surface area contributed by atoms with Gasteiger partial charge in [0.25, 0.3) is 0 Å². The molecule has 1 aliphatic carbocycles. The van der Waals surface area contributed by atoms with Crippen molar-refractivity contribution in [2.45, 2.75) is 32.6 Å². The molecule has 0 radical (unpaired) electrons. The summed E-state index contributed by atoms with van der Waals surface area (Å²) in [6.07, 6.45) is 4.06. The Morgan fingerprint density at radius 2 is 2.21 bits per heavy atom. The highest BCUT2D eigenvalue weighted by atomic mass is 16.3. The minimum absolute atomic E-state index is 0.263. The molecule has 102 valence electrons. The van der Waals surface area contributed by atoms with Crippen molar-refractivity contribution in [3.63, 3.8) is 0 Å². The van der Waals surface area contributed by atoms with E-state index in [9.17, 15) is 0 Å². The lowest BCUT2D eigenvalue weighted by Gasteiger charge is -2.14. The van der Waals surface area contributed by atoms with Crippen LogP contribution in [0.4, 0.5) is 5.82 Å². The van der Waals surface area contributed by atoms with Gasteiger partial charge in [0, 0.05) is 19.6 Å². The van der Waals surface area contributed by atoms with Crippen LogP contribution in [0, 0.1) is 5.41 Å². The number of nitrogens with one attached hydrogen (secondary N) is 1. The zero-order valence-electron chi connectivity index (χ0n) is 11.1. The van der Waals surface area contributed by atoms with Crippen molar-refractivity contribution in [3.05, 3.63) is 18.0 Å². The maximum Gasteiger partial charge on any atom is 0.178 e. The summed E-state index contributed by atoms with van der Waals surface area (Å²) in [5, 5.41) is 25.1. The minimum Gasteiger partial charge on any atom is -0.396 e. The molecule has 1 saturated carbocycles. The first kappa shape index (κ1) is 12.3. The molecule has 0 unspecified atom stereocenters. The number of aromatic nitrogens is 4. The Kier molecular flexibility index (Phi) is 3.10. The summed E-state index contributed by atoms with van der Waals surface area (Å²) in [6, 6.07) is 3.85. The number of fused-ring (bicyclic) bond motifs is 1. The van der Waals surface area contributed by atoms with E-state index in [1.807, 2.05) is 19.1 Å². The maximum atomic E-state index is 9.06. The average molecular weight is 261 g/mol. The second-order valence-corrected chi connectivity index (χ2v) is 5.29. The van der Waals surface area contributed by atoms with E-state index in [0.717, 1.165) is 36.7 Å². The zero-order chi connectivity index (χ0) is 13.3. The third-order valence-corrected chi connectivity index (χ3v) is 3.89. The highest BCUT2D eigenvalue weighted by molar-refractivity contribution is 5.44. The molecule has 1 aliphatic rings. The maximum absolute atomic E-state index is 9.06. The van der Waals surface area contributed by atoms with Crippen molar-refractivity contribution in [1.82, 2.24) is 19.8 Å². The molecule has 2 N–H and O–H groups in total. The number of hydrogen-bond donors (Lipinski definition) is 2. The second kappa shape index (κ2) is 4.77. The van der Waals surface area contributed by atoms with Gasteiger partial charge in [-0.05, 0) is 36.8 Å². The fraction of sp³-hybridized carbons (Fsp3) is 0.615. The Morgan fingerprint density at radius 1 is 1.37 bits per heavy atom. The van der Waals surface area contributed by atoms with Crippen molar-refractivity contribution in [1.29, 1.82) is 0 Å². The standard InChI is InChI=1S/C13H19N5O/c1-2-11-15-16-12-4-3-10(17-18(11)12)14-9-13(5-6-13)7-8-19/h3-4,19H,2,5-9H2,1H3,(H,14,17). The Hall–Kier alpha value is -1.69. The van der Waals surface area contributed by atoms with E-state index in [0.29, 0.717) is 0 Å². The van der Waals surface area contributed by atoms with Gasteiger partial charge in [0.1, 0.15) is 5.82 Å². The second-order valence-electron chi connectivity index (χ2n) is 5.29. The SMILES string of the molecule is CCc1nnc2ccc(NCC3(CCO)CC3)nn12. The summed E-state index contributed by atoms with van der Waals surface area (Å²) in [5.74, 6) is 1.71. The van der Waals surface area contributed by atoms with Gasteiger partial charge in [0.2, 0.25) is 0 Å². The van der Waals surface area contributed by atoms with E-state index in [-0.39, 0.29) is 12.0 Å². The van der Waals surface area contributed by atoms with Crippen LogP contribution in [0.25, 0.3) is 5.65 Å². The zero-order valence-corrected chi connectivity index (χ0v) is 11.1. The van der Waals surface area contributed by atoms with Gasteiger partial charge >= 0.3 is 0 Å². The first-order valence-electron chi connectivity index (χ1n) is 6.82. The van der Waals surface area contributed by atoms with E-state index in [2.05, 4.69) is 20.6 Å². The number of nitrogens with zero attached hydrogens (tertiary/aromatic N) is 4. The Labute approximate surface area is 111 Å². The molecular weight excluding hydrogens is 242 g/mol. The first-order valence-corrected chi connectivity index (χ1v) is 6.82. The van der Waals surface area contributed by atoms with E-state index in [1.54, 1.807) is 4.52 Å². The van der Waals surface area contributed by atoms with Crippen LogP contribution in [-0.2, 0) is 6.42 Å². The van der Waals surface area contributed by atoms with Gasteiger partial charge in [-0.15, -0.1) is 15.3 Å². The van der Waals surface area contributed by atoms with E-state index in [4.69, 9.17) is 5.11 Å². The van der Waals surface area contributed by atoms with Crippen LogP contribution in [0.1, 0.15) is 32.0 Å². The van der Waals surface area contributed by atoms with Gasteiger partial charge in [0.15, 0.2) is 11.5 Å². The molecule has 3 rings (SSSR count). The number of aliphatic hydroxyl groups is 1. The summed E-state index contributed by atoms with van der Waals surface area (Å²) >= 11 is 0. The molecule has 6 heteroatoms. The molecule has 0 aromatic carbocycles. The van der Waals surface area contributed by atoms with E-state index >= 15 is 0 Å². The molecule has 0 saturated heterocycles. The number of anilines is 1. The lowest BCUT2D eigenvalue weighted by molar-refractivity contribution is 0.253. The van der Waals surface area contributed by atoms with Crippen LogP contribution in [0.2, 0.25) is 0 Å². The van der Waals surface area contributed by atoms with Gasteiger partial charge in [-0.1, -0.05) is 6.92 Å². The van der Waals surface area contributed by atoms with Crippen molar-refractivity contribution >= 4 is 11.5 Å². The number of aryl methyl sites for hydroxylation is 1. The summed E-state index contributed by atoms with van der Waals surface area (Å²) in [6.45, 7) is 3.17. The third-order valence-electron chi connectivity index (χ3n) is 3.89. The van der Waals surface area contributed by atoms with Crippen LogP contribution < -0.4 is 5.32 Å². The largest absolute Gasteiger partial charge is 0.396 e. The lowest BCUT2D eigenvalue weighted by Crippen LogP contribution is -2.18. The number of hydrogen-bond acceptors (Lipinski definition) is 5. The van der Waals surface area contributed by atoms with E-state index < -0.39 is 0 Å². The average Bonchev–Trinajstić information content (AvgIpc) is 3.07. The van der Waals surface area contributed by atoms with Gasteiger partial charge in [-0.3, -0.25) is 0 Å². The molecule has 0 spiro atoms. The first-order chi connectivity index (χ1) is 9.26. The molecule has 0 aliphatic heterocycles. The molecule has 1 fully saturated rings. The third kappa shape index (κ3) is 2.40. The van der Waals surface area contributed by atoms with E-state index in [1.165, 1.54) is 12.8 Å². The normalized spacial score (nSPS) is 16.7. The van der Waals surface area contributed by atoms with Crippen molar-refractivity contribution < 1.29 is 5.11 Å². The van der Waals surface area contributed by atoms with Gasteiger partial charge in [-0.25, -0.2) is 0 Å². The Morgan fingerprint density at radius 3 is 2.89 bits per heavy atom. The molecule has 2 heterocycles. The highest BCUT2D eigenvalue weighted by Gasteiger charge is 2.41. The summed E-state index contributed by atoms with van der Waals surface area (Å²) in [5.41, 5.74) is 1.06. The predicted molar refractivity (Wildman–Crippen MR) is 72.0 cm³/mol. The summed E-state index contributed by atoms with van der Waals surface area (Å²) in [7, 11) is 0. The molecule has 2 aromatic rings. The smallest absolute Gasteiger partial charge is 0.178 e. The van der Waals surface area contributed by atoms with Crippen molar-refractivity contribution in [2.75, 3.05) is 18.5 Å². The fourth-order valence-corrected chi connectivity index (χ4v) is 2.36. The van der Waals surface area contributed by atoms with Crippen LogP contribution in [-0.4, -0.2) is 38.1 Å². The number of aliphatic hydroxyl groups excluding tert-OH is 1. The van der Waals surface area contributed by atoms with Gasteiger partial charge in [0.05, 0.1) is 0 Å². The fourth-order valence-electron chi connectivity index (χ4n) is 2.36. The number of rotatable bonds is 6. The molecule has 0 atom stereocenters. The van der Waals surface area contributed by atoms with Crippen LogP contribution in [0.3, 0.4) is 0 Å². The molecule has 19 heavy (non-hydrogen) atoms. The van der Waals surface area contributed by atoms with Gasteiger partial charge < -0.3 is 10.4 Å². The lowest BCUT2D eigenvalue weighted by atomic mass is 10.0. The topological polar surface area (TPSA) is 75.3 Å². The predicted octanol–water partition coefficient (Wildman–Crippen LogP) is 1.26. The minimum atomic E-state index is 0.263. The Balaban J connectivity index is 1.74. The highest BCUT2D eigenvalue weighted by Crippen LogP contribution is 2.48. The Bertz CT molecular complexity index is 575. The van der Waals surface area contributed by atoms with Gasteiger partial charge in [-0.2, -0.15) is 4.52 Å². The summed E-state index contributed by atoms with van der Waals surface area (Å²) in [4.78, 5) is 0. The van der Waals surface area contributed by atoms with Crippen LogP contribution >= 0.6 is 0 Å². The molecule has 6 nitrogen and oxygen atoms in total. The molecular formula is C13H19N5O. The molecule has 2 aromatic heterocycles. The van der Waals surface area contributed by atoms with Crippen molar-refractivity contribution in [2.24, 2.45) is 5.41 Å². The van der Waals surface area contributed by atoms with Crippen LogP contribution in [0.15, 0.2) is 12.1 Å². The molecule has 0 amide bonds.